The van der Waals surface area contributed by atoms with Crippen molar-refractivity contribution in [3.63, 3.8) is 0 Å². The Labute approximate surface area is 213 Å². The van der Waals surface area contributed by atoms with E-state index in [1.165, 1.54) is 40.8 Å². The first-order valence-corrected chi connectivity index (χ1v) is 11.7. The highest BCUT2D eigenvalue weighted by molar-refractivity contribution is 5.76. The number of carbonyl (C=O) groups is 1. The summed E-state index contributed by atoms with van der Waals surface area (Å²) in [6, 6.07) is 8.54. The van der Waals surface area contributed by atoms with Crippen molar-refractivity contribution in [1.29, 1.82) is 0 Å². The molecule has 0 radical (unpaired) electrons. The van der Waals surface area contributed by atoms with Gasteiger partial charge >= 0.3 is 12.4 Å². The van der Waals surface area contributed by atoms with E-state index in [0.29, 0.717) is 17.7 Å². The Morgan fingerprint density at radius 1 is 1.00 bits per heavy atom. The lowest BCUT2D eigenvalue weighted by Gasteiger charge is -2.25. The number of likely N-dealkylation sites (tertiary alicyclic amines) is 1. The number of aryl methyl sites for hydroxylation is 1. The molecule has 1 aliphatic rings. The van der Waals surface area contributed by atoms with E-state index < -0.39 is 47.4 Å². The Kier molecular flexibility index (Phi) is 7.55. The van der Waals surface area contributed by atoms with Crippen molar-refractivity contribution in [1.82, 2.24) is 14.7 Å². The number of carbonyl (C=O) groups excluding carboxylic acids is 1. The molecule has 5 nitrogen and oxygen atoms in total. The molecule has 0 bridgehead atoms. The molecule has 0 spiro atoms. The third-order valence-corrected chi connectivity index (χ3v) is 6.59. The predicted octanol–water partition coefficient (Wildman–Crippen LogP) is 6.14. The maximum atomic E-state index is 13.5. The number of ether oxygens (including phenoxy) is 1. The summed E-state index contributed by atoms with van der Waals surface area (Å²) in [5, 5.41) is 4.09. The van der Waals surface area contributed by atoms with Gasteiger partial charge in [-0.1, -0.05) is 12.1 Å². The van der Waals surface area contributed by atoms with Gasteiger partial charge in [0.15, 0.2) is 0 Å². The third-order valence-electron chi connectivity index (χ3n) is 6.59. The van der Waals surface area contributed by atoms with Crippen molar-refractivity contribution < 1.29 is 40.3 Å². The van der Waals surface area contributed by atoms with Crippen molar-refractivity contribution in [3.05, 3.63) is 88.5 Å². The van der Waals surface area contributed by atoms with Gasteiger partial charge < -0.3 is 9.64 Å². The van der Waals surface area contributed by atoms with Crippen molar-refractivity contribution in [2.45, 2.75) is 50.9 Å². The molecule has 12 heteroatoms. The lowest BCUT2D eigenvalue weighted by molar-refractivity contribution is -0.143. The first-order valence-electron chi connectivity index (χ1n) is 11.7. The fourth-order valence-electron chi connectivity index (χ4n) is 4.49. The van der Waals surface area contributed by atoms with Crippen LogP contribution in [0.2, 0.25) is 0 Å². The van der Waals surface area contributed by atoms with Crippen molar-refractivity contribution in [3.8, 4) is 0 Å². The summed E-state index contributed by atoms with van der Waals surface area (Å²) in [6.45, 7) is 3.29. The molecule has 1 fully saturated rings. The number of rotatable bonds is 6. The Morgan fingerprint density at radius 3 is 2.13 bits per heavy atom. The van der Waals surface area contributed by atoms with Crippen LogP contribution in [0.1, 0.15) is 46.9 Å². The molecule has 4 rings (SSSR count). The van der Waals surface area contributed by atoms with Crippen LogP contribution >= 0.6 is 0 Å². The van der Waals surface area contributed by atoms with Crippen LogP contribution in [0.4, 0.5) is 30.7 Å². The summed E-state index contributed by atoms with van der Waals surface area (Å²) in [7, 11) is 0. The minimum absolute atomic E-state index is 0.0383. The molecule has 3 aromatic rings. The molecule has 3 unspecified atom stereocenters. The number of benzene rings is 2. The highest BCUT2D eigenvalue weighted by Crippen LogP contribution is 2.39. The smallest absolute Gasteiger partial charge is 0.368 e. The molecule has 1 aromatic heterocycles. The van der Waals surface area contributed by atoms with Gasteiger partial charge in [0.2, 0.25) is 5.91 Å². The fourth-order valence-corrected chi connectivity index (χ4v) is 4.49. The molecule has 0 saturated carbocycles. The van der Waals surface area contributed by atoms with Crippen LogP contribution < -0.4 is 0 Å². The van der Waals surface area contributed by atoms with Crippen LogP contribution in [0.3, 0.4) is 0 Å². The van der Waals surface area contributed by atoms with E-state index in [1.807, 2.05) is 0 Å². The second-order valence-electron chi connectivity index (χ2n) is 9.24. The molecule has 204 valence electrons. The summed E-state index contributed by atoms with van der Waals surface area (Å²) in [4.78, 5) is 14.5. The van der Waals surface area contributed by atoms with Gasteiger partial charge in [-0.2, -0.15) is 31.4 Å². The molecule has 3 atom stereocenters. The van der Waals surface area contributed by atoms with Crippen molar-refractivity contribution >= 4 is 5.91 Å². The normalized spacial score (nSPS) is 19.1. The number of amides is 1. The molecule has 1 amide bonds. The van der Waals surface area contributed by atoms with Crippen LogP contribution in [0.5, 0.6) is 0 Å². The molecular formula is C26H24F7N3O2. The van der Waals surface area contributed by atoms with Crippen LogP contribution in [0, 0.1) is 12.7 Å². The van der Waals surface area contributed by atoms with E-state index in [4.69, 9.17) is 4.74 Å². The second kappa shape index (κ2) is 10.4. The van der Waals surface area contributed by atoms with Gasteiger partial charge in [0.1, 0.15) is 12.4 Å². The van der Waals surface area contributed by atoms with E-state index in [2.05, 4.69) is 5.10 Å². The summed E-state index contributed by atoms with van der Waals surface area (Å²) in [5.74, 6) is -1.27. The SMILES string of the molecule is Cc1ccnn1CC(=O)N1CC(OC(C)c2cc(C(F)(F)F)cc(C(F)(F)F)c2)C(c2ccc(F)cc2)C1. The molecule has 2 aromatic carbocycles. The number of alkyl halides is 6. The summed E-state index contributed by atoms with van der Waals surface area (Å²) >= 11 is 0. The lowest BCUT2D eigenvalue weighted by Crippen LogP contribution is -2.33. The molecule has 1 aliphatic heterocycles. The largest absolute Gasteiger partial charge is 0.416 e. The summed E-state index contributed by atoms with van der Waals surface area (Å²) < 4.78 is 101. The lowest BCUT2D eigenvalue weighted by atomic mass is 9.95. The monoisotopic (exact) mass is 543 g/mol. The second-order valence-corrected chi connectivity index (χ2v) is 9.24. The van der Waals surface area contributed by atoms with Crippen molar-refractivity contribution in [2.24, 2.45) is 0 Å². The Morgan fingerprint density at radius 2 is 1.61 bits per heavy atom. The van der Waals surface area contributed by atoms with E-state index in [1.54, 1.807) is 19.2 Å². The van der Waals surface area contributed by atoms with Crippen LogP contribution in [0.25, 0.3) is 0 Å². The number of halogens is 7. The zero-order valence-electron chi connectivity index (χ0n) is 20.4. The number of nitrogens with zero attached hydrogens (tertiary/aromatic N) is 3. The average molecular weight is 543 g/mol. The van der Waals surface area contributed by atoms with Gasteiger partial charge in [-0.15, -0.1) is 0 Å². The minimum atomic E-state index is -4.99. The van der Waals surface area contributed by atoms with Gasteiger partial charge in [0, 0.05) is 30.9 Å². The highest BCUT2D eigenvalue weighted by atomic mass is 19.4. The highest BCUT2D eigenvalue weighted by Gasteiger charge is 2.40. The molecule has 38 heavy (non-hydrogen) atoms. The van der Waals surface area contributed by atoms with Gasteiger partial charge in [-0.3, -0.25) is 9.48 Å². The van der Waals surface area contributed by atoms with E-state index >= 15 is 0 Å². The average Bonchev–Trinajstić information content (AvgIpc) is 3.44. The van der Waals surface area contributed by atoms with E-state index in [9.17, 15) is 35.5 Å². The molecule has 0 aliphatic carbocycles. The number of hydrogen-bond acceptors (Lipinski definition) is 3. The zero-order valence-corrected chi connectivity index (χ0v) is 20.4. The van der Waals surface area contributed by atoms with Crippen LogP contribution in [-0.4, -0.2) is 39.8 Å². The van der Waals surface area contributed by atoms with Crippen LogP contribution in [0.15, 0.2) is 54.7 Å². The number of hydrogen-bond donors (Lipinski definition) is 0. The maximum Gasteiger partial charge on any atom is 0.416 e. The molecule has 0 N–H and O–H groups in total. The Hall–Kier alpha value is -3.41. The minimum Gasteiger partial charge on any atom is -0.368 e. The Bertz CT molecular complexity index is 1250. The first-order chi connectivity index (χ1) is 17.7. The zero-order chi connectivity index (χ0) is 27.8. The first kappa shape index (κ1) is 27.6. The standard InChI is InChI=1S/C26H24F7N3O2/c1-15-7-8-34-36(15)14-24(37)35-12-22(17-3-5-21(27)6-4-17)23(13-35)38-16(2)18-9-19(25(28,29)30)11-20(10-18)26(31,32)33/h3-11,16,22-23H,12-14H2,1-2H3. The summed E-state index contributed by atoms with van der Waals surface area (Å²) in [5.41, 5.74) is -1.80. The van der Waals surface area contributed by atoms with E-state index in [0.717, 1.165) is 5.69 Å². The maximum absolute atomic E-state index is 13.5. The molecule has 2 heterocycles. The van der Waals surface area contributed by atoms with Gasteiger partial charge in [-0.25, -0.2) is 4.39 Å². The third kappa shape index (κ3) is 6.17. The Balaban J connectivity index is 1.61. The van der Waals surface area contributed by atoms with Crippen molar-refractivity contribution in [2.75, 3.05) is 13.1 Å². The van der Waals surface area contributed by atoms with Gasteiger partial charge in [-0.05, 0) is 61.4 Å². The summed E-state index contributed by atoms with van der Waals surface area (Å²) in [6.07, 6.45) is -10.4. The quantitative estimate of drug-likeness (QED) is 0.351. The molecular weight excluding hydrogens is 519 g/mol. The number of aromatic nitrogens is 2. The van der Waals surface area contributed by atoms with Gasteiger partial charge in [0.05, 0.1) is 23.3 Å². The topological polar surface area (TPSA) is 47.4 Å². The van der Waals surface area contributed by atoms with E-state index in [-0.39, 0.29) is 37.2 Å². The predicted molar refractivity (Wildman–Crippen MR) is 122 cm³/mol. The molecule has 1 saturated heterocycles. The van der Waals surface area contributed by atoms with Crippen LogP contribution in [-0.2, 0) is 28.4 Å². The fraction of sp³-hybridized carbons (Fsp3) is 0.385. The van der Waals surface area contributed by atoms with Gasteiger partial charge in [0.25, 0.3) is 0 Å².